The van der Waals surface area contributed by atoms with Crippen molar-refractivity contribution in [3.63, 3.8) is 0 Å². The number of halogens is 3. The van der Waals surface area contributed by atoms with Crippen LogP contribution in [0.25, 0.3) is 0 Å². The van der Waals surface area contributed by atoms with Gasteiger partial charge in [-0.3, -0.25) is 9.78 Å². The number of likely N-dealkylation sites (tertiary alicyclic amines) is 1. The van der Waals surface area contributed by atoms with E-state index in [2.05, 4.69) is 4.98 Å². The lowest BCUT2D eigenvalue weighted by atomic mass is 9.96. The average Bonchev–Trinajstić information content (AvgIpc) is 2.36. The Labute approximate surface area is 114 Å². The van der Waals surface area contributed by atoms with Crippen LogP contribution in [0.2, 0.25) is 0 Å². The standard InChI is InChI=1S/C13H16F3N3O/c1-8-4-10(17)7-19(6-8)12(20)11-3-2-9(5-18-11)13(14,15)16/h2-3,5,8,10H,4,6-7,17H2,1H3. The molecule has 1 saturated heterocycles. The number of amides is 1. The van der Waals surface area contributed by atoms with Gasteiger partial charge in [0.05, 0.1) is 5.56 Å². The maximum Gasteiger partial charge on any atom is 0.417 e. The minimum Gasteiger partial charge on any atom is -0.335 e. The van der Waals surface area contributed by atoms with E-state index in [9.17, 15) is 18.0 Å². The van der Waals surface area contributed by atoms with Gasteiger partial charge in [-0.1, -0.05) is 6.92 Å². The second-order valence-corrected chi connectivity index (χ2v) is 5.24. The van der Waals surface area contributed by atoms with Gasteiger partial charge in [-0.25, -0.2) is 0 Å². The van der Waals surface area contributed by atoms with Crippen LogP contribution in [0.15, 0.2) is 18.3 Å². The number of pyridine rings is 1. The fourth-order valence-electron chi connectivity index (χ4n) is 2.42. The topological polar surface area (TPSA) is 59.2 Å². The molecule has 0 saturated carbocycles. The van der Waals surface area contributed by atoms with Crippen molar-refractivity contribution in [1.29, 1.82) is 0 Å². The third-order valence-corrected chi connectivity index (χ3v) is 3.29. The molecule has 1 aromatic rings. The average molecular weight is 287 g/mol. The second-order valence-electron chi connectivity index (χ2n) is 5.24. The van der Waals surface area contributed by atoms with E-state index in [4.69, 9.17) is 5.73 Å². The predicted octanol–water partition coefficient (Wildman–Crippen LogP) is 1.91. The van der Waals surface area contributed by atoms with Crippen LogP contribution in [0.5, 0.6) is 0 Å². The lowest BCUT2D eigenvalue weighted by molar-refractivity contribution is -0.137. The Bertz CT molecular complexity index is 477. The summed E-state index contributed by atoms with van der Waals surface area (Å²) in [7, 11) is 0. The summed E-state index contributed by atoms with van der Waals surface area (Å²) in [6, 6.07) is 1.88. The number of nitrogens with zero attached hydrogens (tertiary/aromatic N) is 2. The molecule has 1 fully saturated rings. The molecular formula is C13H16F3N3O. The Balaban J connectivity index is 2.13. The molecule has 7 heteroatoms. The first-order chi connectivity index (χ1) is 9.27. The van der Waals surface area contributed by atoms with Gasteiger partial charge in [0.1, 0.15) is 5.69 Å². The summed E-state index contributed by atoms with van der Waals surface area (Å²) in [4.78, 5) is 17.3. The molecule has 1 aliphatic rings. The van der Waals surface area contributed by atoms with Crippen LogP contribution in [0.4, 0.5) is 13.2 Å². The van der Waals surface area contributed by atoms with Crippen molar-refractivity contribution < 1.29 is 18.0 Å². The van der Waals surface area contributed by atoms with Gasteiger partial charge in [0, 0.05) is 25.3 Å². The summed E-state index contributed by atoms with van der Waals surface area (Å²) in [5.41, 5.74) is 5.00. The lowest BCUT2D eigenvalue weighted by Crippen LogP contribution is -2.49. The van der Waals surface area contributed by atoms with Crippen LogP contribution in [0.1, 0.15) is 29.4 Å². The summed E-state index contributed by atoms with van der Waals surface area (Å²) in [6.07, 6.45) is -2.93. The van der Waals surface area contributed by atoms with E-state index in [1.807, 2.05) is 6.92 Å². The van der Waals surface area contributed by atoms with E-state index in [0.717, 1.165) is 18.6 Å². The SMILES string of the molecule is CC1CC(N)CN(C(=O)c2ccc(C(F)(F)F)cn2)C1. The van der Waals surface area contributed by atoms with Crippen LogP contribution >= 0.6 is 0 Å². The van der Waals surface area contributed by atoms with Gasteiger partial charge in [-0.15, -0.1) is 0 Å². The van der Waals surface area contributed by atoms with Crippen LogP contribution in [-0.4, -0.2) is 34.9 Å². The van der Waals surface area contributed by atoms with Gasteiger partial charge in [0.15, 0.2) is 0 Å². The summed E-state index contributed by atoms with van der Waals surface area (Å²) in [5, 5.41) is 0. The molecule has 4 nitrogen and oxygen atoms in total. The number of carbonyl (C=O) groups excluding carboxylic acids is 1. The van der Waals surface area contributed by atoms with E-state index in [1.165, 1.54) is 0 Å². The molecule has 20 heavy (non-hydrogen) atoms. The molecular weight excluding hydrogens is 271 g/mol. The van der Waals surface area contributed by atoms with Gasteiger partial charge in [0.25, 0.3) is 5.91 Å². The molecule has 1 aromatic heterocycles. The highest BCUT2D eigenvalue weighted by Crippen LogP contribution is 2.28. The normalized spacial score (nSPS) is 23.8. The molecule has 2 N–H and O–H groups in total. The highest BCUT2D eigenvalue weighted by Gasteiger charge is 2.32. The van der Waals surface area contributed by atoms with Crippen molar-refractivity contribution >= 4 is 5.91 Å². The van der Waals surface area contributed by atoms with Crippen molar-refractivity contribution in [3.05, 3.63) is 29.6 Å². The smallest absolute Gasteiger partial charge is 0.335 e. The van der Waals surface area contributed by atoms with Crippen LogP contribution in [0, 0.1) is 5.92 Å². The maximum absolute atomic E-state index is 12.4. The summed E-state index contributed by atoms with van der Waals surface area (Å²) in [6.45, 7) is 2.95. The van der Waals surface area contributed by atoms with E-state index in [-0.39, 0.29) is 23.6 Å². The van der Waals surface area contributed by atoms with Crippen LogP contribution < -0.4 is 5.73 Å². The zero-order valence-corrected chi connectivity index (χ0v) is 11.0. The largest absolute Gasteiger partial charge is 0.417 e. The quantitative estimate of drug-likeness (QED) is 0.858. The van der Waals surface area contributed by atoms with Crippen molar-refractivity contribution in [3.8, 4) is 0 Å². The van der Waals surface area contributed by atoms with Gasteiger partial charge in [0.2, 0.25) is 0 Å². The lowest BCUT2D eigenvalue weighted by Gasteiger charge is -2.34. The van der Waals surface area contributed by atoms with Gasteiger partial charge in [-0.05, 0) is 24.5 Å². The fourth-order valence-corrected chi connectivity index (χ4v) is 2.42. The van der Waals surface area contributed by atoms with Gasteiger partial charge in [-0.2, -0.15) is 13.2 Å². The van der Waals surface area contributed by atoms with E-state index >= 15 is 0 Å². The molecule has 0 aromatic carbocycles. The highest BCUT2D eigenvalue weighted by atomic mass is 19.4. The van der Waals surface area contributed by atoms with E-state index < -0.39 is 11.7 Å². The number of aromatic nitrogens is 1. The van der Waals surface area contributed by atoms with Crippen molar-refractivity contribution in [1.82, 2.24) is 9.88 Å². The van der Waals surface area contributed by atoms with E-state index in [1.54, 1.807) is 4.90 Å². The summed E-state index contributed by atoms with van der Waals surface area (Å²) in [5.74, 6) is -0.0992. The number of piperidine rings is 1. The first-order valence-electron chi connectivity index (χ1n) is 6.35. The second kappa shape index (κ2) is 5.40. The predicted molar refractivity (Wildman–Crippen MR) is 66.9 cm³/mol. The zero-order chi connectivity index (χ0) is 14.9. The number of carbonyl (C=O) groups is 1. The van der Waals surface area contributed by atoms with Crippen molar-refractivity contribution in [2.75, 3.05) is 13.1 Å². The third kappa shape index (κ3) is 3.27. The van der Waals surface area contributed by atoms with Crippen LogP contribution in [0.3, 0.4) is 0 Å². The monoisotopic (exact) mass is 287 g/mol. The first kappa shape index (κ1) is 14.8. The Hall–Kier alpha value is -1.63. The number of alkyl halides is 3. The Kier molecular flexibility index (Phi) is 3.99. The van der Waals surface area contributed by atoms with Gasteiger partial charge < -0.3 is 10.6 Å². The van der Waals surface area contributed by atoms with Crippen LogP contribution in [-0.2, 0) is 6.18 Å². The fraction of sp³-hybridized carbons (Fsp3) is 0.538. The molecule has 1 aliphatic heterocycles. The molecule has 0 bridgehead atoms. The zero-order valence-electron chi connectivity index (χ0n) is 11.0. The van der Waals surface area contributed by atoms with E-state index in [0.29, 0.717) is 19.3 Å². The number of hydrogen-bond donors (Lipinski definition) is 1. The molecule has 2 atom stereocenters. The maximum atomic E-state index is 12.4. The first-order valence-corrected chi connectivity index (χ1v) is 6.35. The highest BCUT2D eigenvalue weighted by molar-refractivity contribution is 5.92. The Morgan fingerprint density at radius 2 is 2.10 bits per heavy atom. The van der Waals surface area contributed by atoms with Crippen molar-refractivity contribution in [2.45, 2.75) is 25.6 Å². The molecule has 0 spiro atoms. The molecule has 1 amide bonds. The molecule has 0 aliphatic carbocycles. The minimum atomic E-state index is -4.45. The Morgan fingerprint density at radius 1 is 1.40 bits per heavy atom. The summed E-state index contributed by atoms with van der Waals surface area (Å²) < 4.78 is 37.3. The molecule has 2 unspecified atom stereocenters. The van der Waals surface area contributed by atoms with Gasteiger partial charge >= 0.3 is 6.18 Å². The Morgan fingerprint density at radius 3 is 2.60 bits per heavy atom. The minimum absolute atomic E-state index is 0.0132. The number of nitrogens with two attached hydrogens (primary N) is 1. The molecule has 2 heterocycles. The molecule has 0 radical (unpaired) electrons. The number of rotatable bonds is 1. The number of hydrogen-bond acceptors (Lipinski definition) is 3. The molecule has 110 valence electrons. The molecule has 2 rings (SSSR count). The summed E-state index contributed by atoms with van der Waals surface area (Å²) >= 11 is 0. The third-order valence-electron chi connectivity index (χ3n) is 3.29. The van der Waals surface area contributed by atoms with Crippen molar-refractivity contribution in [2.24, 2.45) is 11.7 Å².